The van der Waals surface area contributed by atoms with Gasteiger partial charge in [-0.15, -0.1) is 0 Å². The number of benzene rings is 1. The smallest absolute Gasteiger partial charge is 0.268 e. The number of rotatable bonds is 4. The highest BCUT2D eigenvalue weighted by Gasteiger charge is 2.01. The first-order valence-electron chi connectivity index (χ1n) is 5.03. The van der Waals surface area contributed by atoms with Gasteiger partial charge in [-0.3, -0.25) is 14.7 Å². The Bertz CT molecular complexity index is 568. The Balaban J connectivity index is 2.16. The molecule has 0 spiro atoms. The average molecular weight is 232 g/mol. The zero-order valence-electron chi connectivity index (χ0n) is 9.01. The zero-order valence-corrected chi connectivity index (χ0v) is 9.01. The predicted molar refractivity (Wildman–Crippen MR) is 64.7 cm³/mol. The maximum Gasteiger partial charge on any atom is 0.268 e. The fourth-order valence-electron chi connectivity index (χ4n) is 1.53. The molecule has 4 N–H and O–H groups in total. The molecule has 2 rings (SSSR count). The van der Waals surface area contributed by atoms with Crippen LogP contribution in [-0.4, -0.2) is 16.2 Å². The highest BCUT2D eigenvalue weighted by Crippen LogP contribution is 2.09. The van der Waals surface area contributed by atoms with E-state index in [0.29, 0.717) is 24.5 Å². The number of hydrogen-bond donors (Lipinski definition) is 3. The molecule has 1 aromatic carbocycles. The van der Waals surface area contributed by atoms with Gasteiger partial charge in [0.1, 0.15) is 5.82 Å². The fourth-order valence-corrected chi connectivity index (χ4v) is 1.53. The molecule has 2 aromatic rings. The van der Waals surface area contributed by atoms with Crippen LogP contribution in [0.5, 0.6) is 0 Å². The number of nitrogens with zero attached hydrogens (tertiary/aromatic N) is 1. The molecule has 88 valence electrons. The van der Waals surface area contributed by atoms with Crippen LogP contribution in [0.4, 0.5) is 11.5 Å². The van der Waals surface area contributed by atoms with E-state index in [1.807, 2.05) is 12.1 Å². The first kappa shape index (κ1) is 11.0. The molecule has 6 heteroatoms. The van der Waals surface area contributed by atoms with Crippen LogP contribution in [0.25, 0.3) is 0 Å². The number of nitrogen functional groups attached to an aromatic ring is 1. The Morgan fingerprint density at radius 3 is 2.59 bits per heavy atom. The highest BCUT2D eigenvalue weighted by molar-refractivity contribution is 5.71. The van der Waals surface area contributed by atoms with E-state index < -0.39 is 0 Å². The molecule has 0 aliphatic carbocycles. The molecule has 0 bridgehead atoms. The Morgan fingerprint density at radius 1 is 1.35 bits per heavy atom. The van der Waals surface area contributed by atoms with Crippen molar-refractivity contribution >= 4 is 17.9 Å². The van der Waals surface area contributed by atoms with E-state index in [-0.39, 0.29) is 5.56 Å². The summed E-state index contributed by atoms with van der Waals surface area (Å²) >= 11 is 0. The van der Waals surface area contributed by atoms with Gasteiger partial charge in [0.25, 0.3) is 5.56 Å². The maximum atomic E-state index is 11.4. The number of H-pyrrole nitrogens is 1. The molecule has 1 amide bonds. The molecule has 6 nitrogen and oxygen atoms in total. The first-order chi connectivity index (χ1) is 8.19. The summed E-state index contributed by atoms with van der Waals surface area (Å²) in [5.74, 6) is 0.342. The van der Waals surface area contributed by atoms with E-state index >= 15 is 0 Å². The van der Waals surface area contributed by atoms with Crippen LogP contribution in [0.15, 0.2) is 35.1 Å². The molecule has 0 fully saturated rings. The summed E-state index contributed by atoms with van der Waals surface area (Å²) in [6.45, 7) is 0.414. The minimum atomic E-state index is -0.169. The van der Waals surface area contributed by atoms with Crippen molar-refractivity contribution in [2.45, 2.75) is 6.54 Å². The number of carbonyl (C=O) groups excluding carboxylic acids is 1. The molecular formula is C11H12N4O2. The zero-order chi connectivity index (χ0) is 12.3. The quantitative estimate of drug-likeness (QED) is 0.665. The van der Waals surface area contributed by atoms with E-state index in [1.165, 1.54) is 10.7 Å². The van der Waals surface area contributed by atoms with Crippen molar-refractivity contribution in [1.29, 1.82) is 0 Å². The molecule has 0 unspecified atom stereocenters. The van der Waals surface area contributed by atoms with Crippen molar-refractivity contribution in [3.63, 3.8) is 0 Å². The van der Waals surface area contributed by atoms with Gasteiger partial charge in [0.05, 0.1) is 6.54 Å². The lowest BCUT2D eigenvalue weighted by molar-refractivity contribution is -0.105. The van der Waals surface area contributed by atoms with Crippen molar-refractivity contribution < 1.29 is 4.79 Å². The van der Waals surface area contributed by atoms with Crippen LogP contribution in [0, 0.1) is 0 Å². The van der Waals surface area contributed by atoms with Crippen LogP contribution in [-0.2, 0) is 11.3 Å². The summed E-state index contributed by atoms with van der Waals surface area (Å²) in [5, 5.41) is 5.28. The van der Waals surface area contributed by atoms with Gasteiger partial charge in [0.15, 0.2) is 0 Å². The summed E-state index contributed by atoms with van der Waals surface area (Å²) < 4.78 is 1.41. The molecule has 0 radical (unpaired) electrons. The molecule has 0 aliphatic heterocycles. The van der Waals surface area contributed by atoms with Crippen LogP contribution in [0.3, 0.4) is 0 Å². The second-order valence-corrected chi connectivity index (χ2v) is 3.59. The molecule has 17 heavy (non-hydrogen) atoms. The van der Waals surface area contributed by atoms with E-state index in [0.717, 1.165) is 5.56 Å². The normalized spacial score (nSPS) is 10.1. The molecule has 0 saturated carbocycles. The fraction of sp³-hybridized carbons (Fsp3) is 0.0909. The predicted octanol–water partition coefficient (Wildman–Crippen LogP) is 0.375. The van der Waals surface area contributed by atoms with Gasteiger partial charge in [-0.2, -0.15) is 0 Å². The summed E-state index contributed by atoms with van der Waals surface area (Å²) in [5.41, 5.74) is 6.95. The second kappa shape index (κ2) is 4.56. The molecule has 1 aromatic heterocycles. The summed E-state index contributed by atoms with van der Waals surface area (Å²) in [6, 6.07) is 8.52. The monoisotopic (exact) mass is 232 g/mol. The largest absolute Gasteiger partial charge is 0.384 e. The van der Waals surface area contributed by atoms with Gasteiger partial charge in [0.2, 0.25) is 6.41 Å². The Hall–Kier alpha value is -2.50. The van der Waals surface area contributed by atoms with Gasteiger partial charge >= 0.3 is 0 Å². The van der Waals surface area contributed by atoms with Crippen molar-refractivity contribution in [2.24, 2.45) is 0 Å². The van der Waals surface area contributed by atoms with Crippen molar-refractivity contribution in [2.75, 3.05) is 11.1 Å². The van der Waals surface area contributed by atoms with Crippen molar-refractivity contribution in [3.05, 3.63) is 46.2 Å². The number of aromatic nitrogens is 2. The van der Waals surface area contributed by atoms with Gasteiger partial charge in [-0.1, -0.05) is 12.1 Å². The van der Waals surface area contributed by atoms with E-state index in [2.05, 4.69) is 10.4 Å². The minimum absolute atomic E-state index is 0.169. The lowest BCUT2D eigenvalue weighted by Crippen LogP contribution is -2.16. The van der Waals surface area contributed by atoms with Crippen LogP contribution < -0.4 is 16.6 Å². The number of amides is 1. The summed E-state index contributed by atoms with van der Waals surface area (Å²) in [7, 11) is 0. The van der Waals surface area contributed by atoms with Crippen molar-refractivity contribution in [3.8, 4) is 0 Å². The van der Waals surface area contributed by atoms with Gasteiger partial charge in [-0.25, -0.2) is 4.68 Å². The number of anilines is 2. The first-order valence-corrected chi connectivity index (χ1v) is 5.03. The van der Waals surface area contributed by atoms with E-state index in [4.69, 9.17) is 5.73 Å². The number of nitrogens with two attached hydrogens (primary N) is 1. The molecular weight excluding hydrogens is 220 g/mol. The Kier molecular flexibility index (Phi) is 2.95. The number of carbonyl (C=O) groups is 1. The van der Waals surface area contributed by atoms with Gasteiger partial charge < -0.3 is 11.1 Å². The number of nitrogens with one attached hydrogen (secondary N) is 2. The maximum absolute atomic E-state index is 11.4. The third-order valence-corrected chi connectivity index (χ3v) is 2.33. The van der Waals surface area contributed by atoms with Crippen LogP contribution in [0.2, 0.25) is 0 Å². The summed E-state index contributed by atoms with van der Waals surface area (Å²) in [4.78, 5) is 21.6. The van der Waals surface area contributed by atoms with E-state index in [1.54, 1.807) is 12.1 Å². The molecule has 0 saturated heterocycles. The molecule has 0 aliphatic rings. The van der Waals surface area contributed by atoms with E-state index in [9.17, 15) is 9.59 Å². The van der Waals surface area contributed by atoms with Gasteiger partial charge in [0, 0.05) is 11.8 Å². The van der Waals surface area contributed by atoms with Crippen LogP contribution >= 0.6 is 0 Å². The SMILES string of the molecule is Nc1cc(=O)n(Cc2ccc(NC=O)cc2)[nH]1. The Morgan fingerprint density at radius 2 is 2.06 bits per heavy atom. The molecule has 0 atom stereocenters. The van der Waals surface area contributed by atoms with Gasteiger partial charge in [-0.05, 0) is 17.7 Å². The lowest BCUT2D eigenvalue weighted by Gasteiger charge is -2.03. The minimum Gasteiger partial charge on any atom is -0.384 e. The third-order valence-electron chi connectivity index (χ3n) is 2.33. The third kappa shape index (κ3) is 2.54. The average Bonchev–Trinajstić information content (AvgIpc) is 2.61. The number of hydrogen-bond acceptors (Lipinski definition) is 3. The van der Waals surface area contributed by atoms with Crippen LogP contribution in [0.1, 0.15) is 5.56 Å². The molecule has 1 heterocycles. The van der Waals surface area contributed by atoms with Crippen molar-refractivity contribution in [1.82, 2.24) is 9.78 Å². The second-order valence-electron chi connectivity index (χ2n) is 3.59. The Labute approximate surface area is 97.0 Å². The topological polar surface area (TPSA) is 92.9 Å². The lowest BCUT2D eigenvalue weighted by atomic mass is 10.2. The summed E-state index contributed by atoms with van der Waals surface area (Å²) in [6.07, 6.45) is 0.616. The standard InChI is InChI=1S/C11H12N4O2/c12-10-5-11(17)15(14-10)6-8-1-3-9(4-2-8)13-7-16/h1-5,7,14H,6,12H2,(H,13,16). The number of aromatic amines is 1. The highest BCUT2D eigenvalue weighted by atomic mass is 16.1.